The lowest BCUT2D eigenvalue weighted by molar-refractivity contribution is 0.0680. The highest BCUT2D eigenvalue weighted by Gasteiger charge is 2.42. The highest BCUT2D eigenvalue weighted by Crippen LogP contribution is 2.38. The zero-order valence-electron chi connectivity index (χ0n) is 13.6. The summed E-state index contributed by atoms with van der Waals surface area (Å²) in [5.74, 6) is 1.06. The monoisotopic (exact) mass is 417 g/mol. The molecule has 1 heterocycles. The third-order valence-corrected chi connectivity index (χ3v) is 7.00. The molecule has 8 heteroatoms. The molecule has 3 rings (SSSR count). The van der Waals surface area contributed by atoms with Crippen molar-refractivity contribution in [1.29, 1.82) is 0 Å². The maximum atomic E-state index is 13.1. The number of carbonyl (C=O) groups is 1. The third-order valence-electron chi connectivity index (χ3n) is 4.47. The van der Waals surface area contributed by atoms with Gasteiger partial charge >= 0.3 is 0 Å². The van der Waals surface area contributed by atoms with Gasteiger partial charge in [0.1, 0.15) is 16.0 Å². The van der Waals surface area contributed by atoms with Gasteiger partial charge in [-0.25, -0.2) is 8.42 Å². The highest BCUT2D eigenvalue weighted by molar-refractivity contribution is 9.10. The molecule has 1 saturated carbocycles. The van der Waals surface area contributed by atoms with E-state index >= 15 is 0 Å². The smallest absolute Gasteiger partial charge is 0.254 e. The molecular weight excluding hydrogens is 398 g/mol. The van der Waals surface area contributed by atoms with Crippen LogP contribution in [0.5, 0.6) is 11.5 Å². The molecule has 24 heavy (non-hydrogen) atoms. The lowest BCUT2D eigenvalue weighted by Crippen LogP contribution is -2.42. The molecule has 1 saturated heterocycles. The summed E-state index contributed by atoms with van der Waals surface area (Å²) in [6, 6.07) is 3.22. The van der Waals surface area contributed by atoms with Gasteiger partial charge in [-0.15, -0.1) is 0 Å². The van der Waals surface area contributed by atoms with Gasteiger partial charge < -0.3 is 14.4 Å². The number of ether oxygens (including phenoxy) is 2. The van der Waals surface area contributed by atoms with E-state index < -0.39 is 9.84 Å². The summed E-state index contributed by atoms with van der Waals surface area (Å²) < 4.78 is 34.9. The van der Waals surface area contributed by atoms with Crippen LogP contribution in [0.25, 0.3) is 0 Å². The number of hydrogen-bond donors (Lipinski definition) is 0. The molecule has 132 valence electrons. The maximum absolute atomic E-state index is 13.1. The summed E-state index contributed by atoms with van der Waals surface area (Å²) in [6.07, 6.45) is 2.36. The number of hydrogen-bond acceptors (Lipinski definition) is 5. The van der Waals surface area contributed by atoms with E-state index in [2.05, 4.69) is 15.9 Å². The van der Waals surface area contributed by atoms with Gasteiger partial charge in [0.15, 0.2) is 9.84 Å². The van der Waals surface area contributed by atoms with Crippen molar-refractivity contribution in [1.82, 2.24) is 4.90 Å². The average Bonchev–Trinajstić information content (AvgIpc) is 3.31. The van der Waals surface area contributed by atoms with Crippen LogP contribution in [-0.2, 0) is 9.84 Å². The molecule has 1 atom stereocenters. The lowest BCUT2D eigenvalue weighted by atomic mass is 10.1. The number of benzene rings is 1. The Labute approximate surface area is 150 Å². The van der Waals surface area contributed by atoms with Gasteiger partial charge in [-0.3, -0.25) is 4.79 Å². The molecule has 1 aliphatic carbocycles. The Balaban J connectivity index is 1.94. The maximum Gasteiger partial charge on any atom is 0.254 e. The van der Waals surface area contributed by atoms with Crippen LogP contribution in [0.1, 0.15) is 29.6 Å². The van der Waals surface area contributed by atoms with Gasteiger partial charge in [0.25, 0.3) is 5.91 Å². The van der Waals surface area contributed by atoms with Crippen LogP contribution in [0.15, 0.2) is 16.6 Å². The van der Waals surface area contributed by atoms with E-state index in [4.69, 9.17) is 9.47 Å². The average molecular weight is 418 g/mol. The number of carbonyl (C=O) groups excluding carboxylic acids is 1. The van der Waals surface area contributed by atoms with E-state index in [0.29, 0.717) is 28.0 Å². The largest absolute Gasteiger partial charge is 0.495 e. The van der Waals surface area contributed by atoms with E-state index in [0.717, 1.165) is 12.8 Å². The first-order valence-corrected chi connectivity index (χ1v) is 10.4. The zero-order chi connectivity index (χ0) is 17.5. The number of halogens is 1. The fraction of sp³-hybridized carbons (Fsp3) is 0.562. The molecule has 0 bridgehead atoms. The van der Waals surface area contributed by atoms with Gasteiger partial charge in [-0.2, -0.15) is 0 Å². The fourth-order valence-corrected chi connectivity index (χ4v) is 5.38. The first kappa shape index (κ1) is 17.5. The minimum Gasteiger partial charge on any atom is -0.495 e. The SMILES string of the molecule is COc1cc(C(=O)N(C2CC2)[C@@H]2CCS(=O)(=O)C2)cc(OC)c1Br. The van der Waals surface area contributed by atoms with Crippen molar-refractivity contribution in [2.45, 2.75) is 31.3 Å². The van der Waals surface area contributed by atoms with E-state index in [1.54, 1.807) is 17.0 Å². The first-order chi connectivity index (χ1) is 11.4. The van der Waals surface area contributed by atoms with Crippen LogP contribution in [0, 0.1) is 0 Å². The van der Waals surface area contributed by atoms with E-state index in [-0.39, 0.29) is 29.5 Å². The number of sulfone groups is 1. The van der Waals surface area contributed by atoms with Crippen molar-refractivity contribution in [2.24, 2.45) is 0 Å². The summed E-state index contributed by atoms with van der Waals surface area (Å²) >= 11 is 3.39. The number of amides is 1. The van der Waals surface area contributed by atoms with Crippen LogP contribution >= 0.6 is 15.9 Å². The molecule has 1 aliphatic heterocycles. The van der Waals surface area contributed by atoms with Crippen LogP contribution in [0.3, 0.4) is 0 Å². The molecule has 6 nitrogen and oxygen atoms in total. The first-order valence-electron chi connectivity index (χ1n) is 7.81. The molecule has 0 unspecified atom stereocenters. The Hall–Kier alpha value is -1.28. The van der Waals surface area contributed by atoms with Crippen molar-refractivity contribution in [3.8, 4) is 11.5 Å². The molecule has 0 aromatic heterocycles. The lowest BCUT2D eigenvalue weighted by Gasteiger charge is -2.28. The van der Waals surface area contributed by atoms with Crippen LogP contribution in [0.4, 0.5) is 0 Å². The molecular formula is C16H20BrNO5S. The molecule has 0 radical (unpaired) electrons. The summed E-state index contributed by atoms with van der Waals surface area (Å²) in [7, 11) is 0.00253. The summed E-state index contributed by atoms with van der Waals surface area (Å²) in [6.45, 7) is 0. The Morgan fingerprint density at radius 2 is 1.71 bits per heavy atom. The third kappa shape index (κ3) is 3.39. The van der Waals surface area contributed by atoms with Gasteiger partial charge in [-0.1, -0.05) is 0 Å². The van der Waals surface area contributed by atoms with E-state index in [1.165, 1.54) is 14.2 Å². The molecule has 1 amide bonds. The molecule has 0 N–H and O–H groups in total. The standard InChI is InChI=1S/C16H20BrNO5S/c1-22-13-7-10(8-14(23-2)15(13)17)16(19)18(11-3-4-11)12-5-6-24(20,21)9-12/h7-8,11-12H,3-6,9H2,1-2H3/t12-/m1/s1. The Morgan fingerprint density at radius 3 is 2.12 bits per heavy atom. The normalized spacial score (nSPS) is 22.2. The molecule has 1 aromatic carbocycles. The predicted octanol–water partition coefficient (Wildman–Crippen LogP) is 2.26. The quantitative estimate of drug-likeness (QED) is 0.734. The molecule has 2 fully saturated rings. The van der Waals surface area contributed by atoms with Crippen LogP contribution in [0.2, 0.25) is 0 Å². The van der Waals surface area contributed by atoms with Crippen molar-refractivity contribution in [3.05, 3.63) is 22.2 Å². The summed E-state index contributed by atoms with van der Waals surface area (Å²) in [5, 5.41) is 0. The number of rotatable bonds is 5. The van der Waals surface area contributed by atoms with Crippen LogP contribution < -0.4 is 9.47 Å². The zero-order valence-corrected chi connectivity index (χ0v) is 16.0. The second kappa shape index (κ2) is 6.55. The van der Waals surface area contributed by atoms with Gasteiger partial charge in [-0.05, 0) is 47.3 Å². The Morgan fingerprint density at radius 1 is 1.12 bits per heavy atom. The van der Waals surface area contributed by atoms with Crippen molar-refractivity contribution < 1.29 is 22.7 Å². The predicted molar refractivity (Wildman–Crippen MR) is 93.5 cm³/mol. The second-order valence-electron chi connectivity index (χ2n) is 6.20. The highest BCUT2D eigenvalue weighted by atomic mass is 79.9. The van der Waals surface area contributed by atoms with Crippen molar-refractivity contribution in [2.75, 3.05) is 25.7 Å². The second-order valence-corrected chi connectivity index (χ2v) is 9.22. The van der Waals surface area contributed by atoms with Gasteiger partial charge in [0.05, 0.1) is 25.7 Å². The Bertz CT molecular complexity index is 735. The topological polar surface area (TPSA) is 72.9 Å². The molecule has 0 spiro atoms. The van der Waals surface area contributed by atoms with Gasteiger partial charge in [0.2, 0.25) is 0 Å². The van der Waals surface area contributed by atoms with Crippen molar-refractivity contribution >= 4 is 31.7 Å². The fourth-order valence-electron chi connectivity index (χ4n) is 3.12. The number of methoxy groups -OCH3 is 2. The molecule has 2 aliphatic rings. The van der Waals surface area contributed by atoms with E-state index in [1.807, 2.05) is 0 Å². The summed E-state index contributed by atoms with van der Waals surface area (Å²) in [5.41, 5.74) is 0.447. The minimum absolute atomic E-state index is 0.0556. The summed E-state index contributed by atoms with van der Waals surface area (Å²) in [4.78, 5) is 14.8. The Kier molecular flexibility index (Phi) is 4.79. The minimum atomic E-state index is -3.05. The van der Waals surface area contributed by atoms with Crippen LogP contribution in [-0.4, -0.2) is 57.0 Å². The van der Waals surface area contributed by atoms with Crippen molar-refractivity contribution in [3.63, 3.8) is 0 Å². The van der Waals surface area contributed by atoms with E-state index in [9.17, 15) is 13.2 Å². The number of nitrogens with zero attached hydrogens (tertiary/aromatic N) is 1. The van der Waals surface area contributed by atoms with Gasteiger partial charge in [0, 0.05) is 17.6 Å². The molecule has 1 aromatic rings.